The lowest BCUT2D eigenvalue weighted by atomic mass is 9.88. The summed E-state index contributed by atoms with van der Waals surface area (Å²) in [6.07, 6.45) is 4.72. The summed E-state index contributed by atoms with van der Waals surface area (Å²) in [5, 5.41) is 3.24. The van der Waals surface area contributed by atoms with Crippen molar-refractivity contribution in [2.45, 2.75) is 26.4 Å². The summed E-state index contributed by atoms with van der Waals surface area (Å²) in [5.74, 6) is 0.963. The van der Waals surface area contributed by atoms with Crippen molar-refractivity contribution in [3.05, 3.63) is 46.2 Å². The van der Waals surface area contributed by atoms with Gasteiger partial charge in [0.25, 0.3) is 0 Å². The molecule has 0 radical (unpaired) electrons. The third-order valence-electron chi connectivity index (χ3n) is 5.06. The predicted octanol–water partition coefficient (Wildman–Crippen LogP) is 2.33. The first-order valence-corrected chi connectivity index (χ1v) is 9.38. The Kier molecular flexibility index (Phi) is 4.33. The molecule has 1 amide bonds. The van der Waals surface area contributed by atoms with Crippen LogP contribution in [0.5, 0.6) is 0 Å². The monoisotopic (exact) mass is 342 g/mol. The van der Waals surface area contributed by atoms with Gasteiger partial charge in [0.05, 0.1) is 16.6 Å². The minimum Gasteiger partial charge on any atom is -0.338 e. The summed E-state index contributed by atoms with van der Waals surface area (Å²) in [4.78, 5) is 26.0. The van der Waals surface area contributed by atoms with Crippen molar-refractivity contribution in [3.63, 3.8) is 0 Å². The molecule has 2 atom stereocenters. The van der Waals surface area contributed by atoms with Crippen LogP contribution >= 0.6 is 11.3 Å². The number of fused-ring (bicyclic) bond motifs is 1. The Morgan fingerprint density at radius 3 is 3.00 bits per heavy atom. The minimum atomic E-state index is 0.148. The maximum Gasteiger partial charge on any atom is 0.227 e. The first kappa shape index (κ1) is 15.7. The topological polar surface area (TPSA) is 49.3 Å². The highest BCUT2D eigenvalue weighted by atomic mass is 32.1. The van der Waals surface area contributed by atoms with Gasteiger partial charge in [-0.05, 0) is 30.9 Å². The maximum absolute atomic E-state index is 12.9. The average Bonchev–Trinajstić information content (AvgIpc) is 3.18. The number of thiazole rings is 1. The maximum atomic E-state index is 12.9. The zero-order valence-electron chi connectivity index (χ0n) is 13.9. The van der Waals surface area contributed by atoms with Crippen LogP contribution in [0.15, 0.2) is 29.9 Å². The molecule has 2 fully saturated rings. The average molecular weight is 342 g/mol. The van der Waals surface area contributed by atoms with Crippen molar-refractivity contribution in [2.75, 3.05) is 19.6 Å². The first-order chi connectivity index (χ1) is 11.7. The van der Waals surface area contributed by atoms with Gasteiger partial charge in [-0.1, -0.05) is 6.07 Å². The summed E-state index contributed by atoms with van der Waals surface area (Å²) >= 11 is 1.70. The van der Waals surface area contributed by atoms with Gasteiger partial charge in [-0.2, -0.15) is 0 Å². The summed E-state index contributed by atoms with van der Waals surface area (Å²) < 4.78 is 0. The molecule has 4 rings (SSSR count). The second-order valence-corrected chi connectivity index (χ2v) is 7.89. The van der Waals surface area contributed by atoms with Crippen LogP contribution in [-0.4, -0.2) is 45.3 Å². The number of nitrogens with zero attached hydrogens (tertiary/aromatic N) is 4. The van der Waals surface area contributed by atoms with Gasteiger partial charge in [0.15, 0.2) is 0 Å². The molecular weight excluding hydrogens is 320 g/mol. The molecule has 0 saturated carbocycles. The zero-order valence-corrected chi connectivity index (χ0v) is 14.7. The molecule has 0 aromatic carbocycles. The Labute approximate surface area is 146 Å². The van der Waals surface area contributed by atoms with E-state index in [0.29, 0.717) is 18.4 Å². The molecule has 2 unspecified atom stereocenters. The van der Waals surface area contributed by atoms with Crippen LogP contribution in [-0.2, 0) is 17.9 Å². The van der Waals surface area contributed by atoms with Crippen molar-refractivity contribution >= 4 is 17.2 Å². The molecule has 5 nitrogen and oxygen atoms in total. The lowest BCUT2D eigenvalue weighted by Crippen LogP contribution is -2.44. The van der Waals surface area contributed by atoms with E-state index in [-0.39, 0.29) is 5.92 Å². The van der Waals surface area contributed by atoms with E-state index in [2.05, 4.69) is 20.2 Å². The number of hydrogen-bond acceptors (Lipinski definition) is 5. The number of hydrogen-bond donors (Lipinski definition) is 0. The van der Waals surface area contributed by atoms with Crippen molar-refractivity contribution in [2.24, 2.45) is 11.8 Å². The molecular formula is C18H22N4OS. The van der Waals surface area contributed by atoms with E-state index in [1.165, 1.54) is 0 Å². The van der Waals surface area contributed by atoms with Gasteiger partial charge in [0, 0.05) is 50.5 Å². The van der Waals surface area contributed by atoms with E-state index < -0.39 is 0 Å². The van der Waals surface area contributed by atoms with Crippen LogP contribution in [0.1, 0.15) is 22.7 Å². The third-order valence-corrected chi connectivity index (χ3v) is 5.89. The smallest absolute Gasteiger partial charge is 0.227 e. The van der Waals surface area contributed by atoms with Crippen LogP contribution in [0.2, 0.25) is 0 Å². The standard InChI is InChI=1S/C18H22N4OS/c1-13-20-16(12-24-13)10-21-9-15-4-6-22(18(23)17(15)11-21)8-14-3-2-5-19-7-14/h2-3,5,7,12,15,17H,4,6,8-11H2,1H3. The molecule has 0 N–H and O–H groups in total. The summed E-state index contributed by atoms with van der Waals surface area (Å²) in [6, 6.07) is 3.97. The molecule has 2 aliphatic heterocycles. The van der Waals surface area contributed by atoms with E-state index in [4.69, 9.17) is 0 Å². The molecule has 2 aromatic heterocycles. The molecule has 0 aliphatic carbocycles. The van der Waals surface area contributed by atoms with Gasteiger partial charge < -0.3 is 4.90 Å². The Bertz CT molecular complexity index is 717. The quantitative estimate of drug-likeness (QED) is 0.856. The number of piperidine rings is 1. The molecule has 2 aromatic rings. The fraction of sp³-hybridized carbons (Fsp3) is 0.500. The van der Waals surface area contributed by atoms with E-state index >= 15 is 0 Å². The second-order valence-electron chi connectivity index (χ2n) is 6.83. The largest absolute Gasteiger partial charge is 0.338 e. The highest BCUT2D eigenvalue weighted by molar-refractivity contribution is 7.09. The van der Waals surface area contributed by atoms with E-state index in [1.54, 1.807) is 17.5 Å². The van der Waals surface area contributed by atoms with Crippen LogP contribution in [0.4, 0.5) is 0 Å². The van der Waals surface area contributed by atoms with Gasteiger partial charge in [0.2, 0.25) is 5.91 Å². The van der Waals surface area contributed by atoms with Crippen LogP contribution in [0.25, 0.3) is 0 Å². The number of amides is 1. The van der Waals surface area contributed by atoms with Crippen molar-refractivity contribution < 1.29 is 4.79 Å². The van der Waals surface area contributed by atoms with Crippen molar-refractivity contribution in [1.82, 2.24) is 19.8 Å². The Hall–Kier alpha value is -1.79. The Balaban J connectivity index is 1.40. The molecule has 4 heterocycles. The summed E-state index contributed by atoms with van der Waals surface area (Å²) in [5.41, 5.74) is 2.24. The normalized spacial score (nSPS) is 24.4. The number of carbonyl (C=O) groups is 1. The van der Waals surface area contributed by atoms with Gasteiger partial charge in [0.1, 0.15) is 0 Å². The molecule has 6 heteroatoms. The fourth-order valence-electron chi connectivity index (χ4n) is 3.91. The minimum absolute atomic E-state index is 0.148. The number of carbonyl (C=O) groups excluding carboxylic acids is 1. The van der Waals surface area contributed by atoms with Gasteiger partial charge in [-0.25, -0.2) is 4.98 Å². The lowest BCUT2D eigenvalue weighted by Gasteiger charge is -2.33. The zero-order chi connectivity index (χ0) is 16.5. The second kappa shape index (κ2) is 6.61. The number of likely N-dealkylation sites (tertiary alicyclic amines) is 2. The Morgan fingerprint density at radius 1 is 1.33 bits per heavy atom. The SMILES string of the molecule is Cc1nc(CN2CC3CCN(Cc4cccnc4)C(=O)C3C2)cs1. The molecule has 2 saturated heterocycles. The molecule has 24 heavy (non-hydrogen) atoms. The number of pyridine rings is 1. The van der Waals surface area contributed by atoms with E-state index in [1.807, 2.05) is 30.2 Å². The number of aryl methyl sites for hydroxylation is 1. The fourth-order valence-corrected chi connectivity index (χ4v) is 4.51. The highest BCUT2D eigenvalue weighted by Gasteiger charge is 2.42. The summed E-state index contributed by atoms with van der Waals surface area (Å²) in [7, 11) is 0. The third kappa shape index (κ3) is 3.21. The highest BCUT2D eigenvalue weighted by Crippen LogP contribution is 2.33. The molecule has 2 aliphatic rings. The van der Waals surface area contributed by atoms with Gasteiger partial charge in [-0.15, -0.1) is 11.3 Å². The predicted molar refractivity (Wildman–Crippen MR) is 93.4 cm³/mol. The molecule has 126 valence electrons. The van der Waals surface area contributed by atoms with Crippen LogP contribution < -0.4 is 0 Å². The number of rotatable bonds is 4. The Morgan fingerprint density at radius 2 is 2.25 bits per heavy atom. The van der Waals surface area contributed by atoms with Gasteiger partial charge in [-0.3, -0.25) is 14.7 Å². The van der Waals surface area contributed by atoms with Crippen molar-refractivity contribution in [1.29, 1.82) is 0 Å². The molecule has 0 spiro atoms. The lowest BCUT2D eigenvalue weighted by molar-refractivity contribution is -0.140. The number of aromatic nitrogens is 2. The van der Waals surface area contributed by atoms with E-state index in [0.717, 1.165) is 48.9 Å². The van der Waals surface area contributed by atoms with Crippen LogP contribution in [0, 0.1) is 18.8 Å². The van der Waals surface area contributed by atoms with E-state index in [9.17, 15) is 4.79 Å². The summed E-state index contributed by atoms with van der Waals surface area (Å²) in [6.45, 7) is 6.34. The van der Waals surface area contributed by atoms with Crippen LogP contribution in [0.3, 0.4) is 0 Å². The molecule has 0 bridgehead atoms. The first-order valence-electron chi connectivity index (χ1n) is 8.50. The van der Waals surface area contributed by atoms with Gasteiger partial charge >= 0.3 is 0 Å². The van der Waals surface area contributed by atoms with Crippen molar-refractivity contribution in [3.8, 4) is 0 Å².